The van der Waals surface area contributed by atoms with Crippen molar-refractivity contribution in [1.82, 2.24) is 0 Å². The van der Waals surface area contributed by atoms with Crippen LogP contribution in [0.1, 0.15) is 44.5 Å². The Labute approximate surface area is 494 Å². The summed E-state index contributed by atoms with van der Waals surface area (Å²) in [6, 6.07) is 66.4. The van der Waals surface area contributed by atoms with E-state index in [9.17, 15) is 50.6 Å². The number of hydrogen-bond acceptors (Lipinski definition) is 18. The average Bonchev–Trinajstić information content (AvgIpc) is 1.77. The Morgan fingerprint density at radius 1 is 0.407 bits per heavy atom. The Kier molecular flexibility index (Phi) is 15.6. The predicted molar refractivity (Wildman–Crippen MR) is 322 cm³/mol. The molecule has 5 fully saturated rings. The lowest BCUT2D eigenvalue weighted by Crippen LogP contribution is -2.54. The topological polar surface area (TPSA) is 276 Å². The van der Waals surface area contributed by atoms with Gasteiger partial charge >= 0.3 is 27.0 Å². The van der Waals surface area contributed by atoms with Crippen molar-refractivity contribution in [2.75, 3.05) is 13.2 Å². The van der Waals surface area contributed by atoms with E-state index in [0.29, 0.717) is 5.46 Å². The van der Waals surface area contributed by atoms with Crippen LogP contribution in [0.3, 0.4) is 0 Å². The van der Waals surface area contributed by atoms with Gasteiger partial charge in [0.2, 0.25) is 0 Å². The molecule has 86 heavy (non-hydrogen) atoms. The van der Waals surface area contributed by atoms with Gasteiger partial charge in [-0.2, -0.15) is 0 Å². The van der Waals surface area contributed by atoms with Crippen molar-refractivity contribution in [3.8, 4) is 0 Å². The molecule has 0 saturated carbocycles. The fourth-order valence-corrected chi connectivity index (χ4v) is 12.4. The van der Waals surface area contributed by atoms with Gasteiger partial charge in [0, 0.05) is 6.61 Å². The van der Waals surface area contributed by atoms with Gasteiger partial charge in [0.15, 0.2) is 0 Å². The first kappa shape index (κ1) is 57.8. The normalized spacial score (nSPS) is 29.7. The summed E-state index contributed by atoms with van der Waals surface area (Å²) in [4.78, 5) is 0. The zero-order valence-electron chi connectivity index (χ0n) is 46.0. The second kappa shape index (κ2) is 23.1. The molecule has 0 aliphatic carbocycles. The van der Waals surface area contributed by atoms with E-state index in [0.717, 1.165) is 66.8 Å². The minimum Gasteiger partial charge on any atom is -0.556 e. The molecule has 5 saturated heterocycles. The molecule has 13 atom stereocenters. The number of benzene rings is 8. The van der Waals surface area contributed by atoms with Crippen LogP contribution < -0.4 is 21.9 Å². The SMILES string of the molecule is OC[C@@H](O)[C@H]1O[C@@H]2O[B-](O)(c3ccc(/C(=C(\c4ccccc4)c4ccc([B-]5(O)OC[C@H]([C@H]6O[C@@H]7O[B-](O)(c8ccc(/C(=C(\c9ccccc9)c9ccc([B-](O)(O)O)cc9)c9ccccc9)cc8)O[C@H]7[C@H]6O)O5)cc4)c4ccccc4)cc3)O[C@H]2[C@@H]1O. The molecule has 8 aromatic carbocycles. The number of rotatable bonds is 15. The van der Waals surface area contributed by atoms with E-state index in [2.05, 4.69) is 0 Å². The maximum atomic E-state index is 12.1. The molecule has 5 aliphatic heterocycles. The minimum atomic E-state index is -3.71. The standard InChI is InChI=1S/C64H60B4O18/c69-37-51(70)59-57(71)61-63(80-59)85-67(77,83-61)49-33-25-46(26-34-49)56(42-19-11-4-12-20-42)54(40-15-7-2-8-16-40)44-23-31-48(32-24-44)66(76)79-38-52(82-66)60-58(72)62-64(81-60)86-68(78,84-62)50-35-27-45(28-36-50)55(41-17-9-3-10-18-41)53(39-13-5-1-6-14-39)43-21-29-47(30-22-43)65(73,74)75/h1-36,51-52,57-64,69-78H,37-38H2/q-4/b55-53+,56-54+/t51-,52-,57-,58+,59-,60-,61+,62+,63-,64-,66?,67?,68?/m1/s1. The zero-order valence-corrected chi connectivity index (χ0v) is 46.0. The molecule has 440 valence electrons. The monoisotopic (exact) mass is 1160 g/mol. The van der Waals surface area contributed by atoms with Gasteiger partial charge in [0.05, 0.1) is 24.9 Å². The molecule has 5 aliphatic rings. The van der Waals surface area contributed by atoms with E-state index < -0.39 is 95.0 Å². The molecule has 3 unspecified atom stereocenters. The second-order valence-electron chi connectivity index (χ2n) is 22.4. The van der Waals surface area contributed by atoms with Crippen LogP contribution in [0.5, 0.6) is 0 Å². The maximum Gasteiger partial charge on any atom is 0.409 e. The summed E-state index contributed by atoms with van der Waals surface area (Å²) < 4.78 is 48.2. The first-order valence-electron chi connectivity index (χ1n) is 28.5. The summed E-state index contributed by atoms with van der Waals surface area (Å²) in [5, 5.41) is 108. The van der Waals surface area contributed by atoms with Gasteiger partial charge in [-0.15, -0.1) is 21.9 Å². The van der Waals surface area contributed by atoms with Crippen molar-refractivity contribution in [2.24, 2.45) is 0 Å². The van der Waals surface area contributed by atoms with Crippen LogP contribution in [0.2, 0.25) is 0 Å². The van der Waals surface area contributed by atoms with Crippen LogP contribution in [0.15, 0.2) is 218 Å². The smallest absolute Gasteiger partial charge is 0.409 e. The molecule has 5 heterocycles. The van der Waals surface area contributed by atoms with E-state index in [4.69, 9.17) is 37.4 Å². The van der Waals surface area contributed by atoms with E-state index in [1.165, 1.54) is 12.1 Å². The highest BCUT2D eigenvalue weighted by atomic mass is 16.8. The summed E-state index contributed by atoms with van der Waals surface area (Å²) in [6.45, 7) is -13.9. The van der Waals surface area contributed by atoms with Gasteiger partial charge in [-0.05, 0) is 66.8 Å². The lowest BCUT2D eigenvalue weighted by atomic mass is 9.69. The molecule has 18 nitrogen and oxygen atoms in total. The molecule has 13 rings (SSSR count). The van der Waals surface area contributed by atoms with Crippen molar-refractivity contribution in [1.29, 1.82) is 0 Å². The highest BCUT2D eigenvalue weighted by Gasteiger charge is 2.58. The molecule has 0 aromatic heterocycles. The summed E-state index contributed by atoms with van der Waals surface area (Å²) in [7, 11) is 0. The maximum absolute atomic E-state index is 12.1. The Morgan fingerprint density at radius 3 is 1.09 bits per heavy atom. The van der Waals surface area contributed by atoms with Crippen LogP contribution >= 0.6 is 0 Å². The Bertz CT molecular complexity index is 3760. The molecule has 10 N–H and O–H groups in total. The van der Waals surface area contributed by atoms with Crippen molar-refractivity contribution in [2.45, 2.75) is 61.4 Å². The summed E-state index contributed by atoms with van der Waals surface area (Å²) in [5.41, 5.74) is 10.6. The van der Waals surface area contributed by atoms with E-state index >= 15 is 0 Å². The Balaban J connectivity index is 0.730. The lowest BCUT2D eigenvalue weighted by molar-refractivity contribution is -0.130. The van der Waals surface area contributed by atoms with Gasteiger partial charge < -0.3 is 88.0 Å². The quantitative estimate of drug-likeness (QED) is 0.0517. The molecule has 0 radical (unpaired) electrons. The lowest BCUT2D eigenvalue weighted by Gasteiger charge is -2.35. The van der Waals surface area contributed by atoms with Crippen molar-refractivity contribution in [3.63, 3.8) is 0 Å². The highest BCUT2D eigenvalue weighted by molar-refractivity contribution is 6.75. The molecule has 22 heteroatoms. The molecular formula is C64H60B4O18-4. The number of ether oxygens (including phenoxy) is 2. The van der Waals surface area contributed by atoms with Gasteiger partial charge in [-0.25, -0.2) is 0 Å². The van der Waals surface area contributed by atoms with Gasteiger partial charge in [0.1, 0.15) is 43.1 Å². The average molecular weight is 1160 g/mol. The van der Waals surface area contributed by atoms with E-state index in [1.807, 2.05) is 158 Å². The van der Waals surface area contributed by atoms with Crippen molar-refractivity contribution in [3.05, 3.63) is 263 Å². The number of aliphatic hydroxyl groups excluding tert-OH is 4. The van der Waals surface area contributed by atoms with E-state index in [-0.39, 0.29) is 23.0 Å². The predicted octanol–water partition coefficient (Wildman–Crippen LogP) is 1.71. The minimum absolute atomic E-state index is 0.0411. The van der Waals surface area contributed by atoms with Crippen LogP contribution in [0.25, 0.3) is 22.3 Å². The molecule has 0 spiro atoms. The fraction of sp³-hybridized carbons (Fsp3) is 0.188. The van der Waals surface area contributed by atoms with Crippen LogP contribution in [0, 0.1) is 0 Å². The van der Waals surface area contributed by atoms with Crippen LogP contribution in [0.4, 0.5) is 0 Å². The Morgan fingerprint density at radius 2 is 0.744 bits per heavy atom. The summed E-state index contributed by atoms with van der Waals surface area (Å²) >= 11 is 0. The van der Waals surface area contributed by atoms with Crippen LogP contribution in [-0.2, 0) is 37.4 Å². The molecule has 0 bridgehead atoms. The van der Waals surface area contributed by atoms with Crippen LogP contribution in [-0.4, -0.2) is 152 Å². The van der Waals surface area contributed by atoms with Gasteiger partial charge in [0.25, 0.3) is 0 Å². The third-order valence-electron chi connectivity index (χ3n) is 16.8. The zero-order chi connectivity index (χ0) is 59.5. The Hall–Kier alpha value is -7.22. The van der Waals surface area contributed by atoms with Gasteiger partial charge in [-0.3, -0.25) is 0 Å². The molecule has 8 aromatic rings. The fourth-order valence-electron chi connectivity index (χ4n) is 12.4. The number of hydrogen-bond donors (Lipinski definition) is 10. The number of fused-ring (bicyclic) bond motifs is 2. The summed E-state index contributed by atoms with van der Waals surface area (Å²) in [5.74, 6) is 0. The first-order valence-corrected chi connectivity index (χ1v) is 28.5. The highest BCUT2D eigenvalue weighted by Crippen LogP contribution is 2.42. The second-order valence-corrected chi connectivity index (χ2v) is 22.4. The third-order valence-corrected chi connectivity index (χ3v) is 16.8. The van der Waals surface area contributed by atoms with Crippen molar-refractivity contribution < 1.29 is 88.0 Å². The molecule has 0 amide bonds. The third kappa shape index (κ3) is 10.8. The first-order chi connectivity index (χ1) is 41.5. The largest absolute Gasteiger partial charge is 0.556 e. The summed E-state index contributed by atoms with van der Waals surface area (Å²) in [6.07, 6.45) is -12.0. The number of aliphatic hydroxyl groups is 4. The molecular weight excluding hydrogens is 1100 g/mol. The van der Waals surface area contributed by atoms with Crippen molar-refractivity contribution >= 4 is 71.2 Å². The van der Waals surface area contributed by atoms with Gasteiger partial charge in [-0.1, -0.05) is 218 Å². The van der Waals surface area contributed by atoms with E-state index in [1.54, 1.807) is 48.5 Å².